The SMILES string of the molecule is CC(=O)N1CCN(Cc2ccccc2NCc2noc(C(C)(C)C)n2)CC1. The van der Waals surface area contributed by atoms with Gasteiger partial charge in [0.15, 0.2) is 5.82 Å². The van der Waals surface area contributed by atoms with Gasteiger partial charge in [-0.25, -0.2) is 0 Å². The zero-order chi connectivity index (χ0) is 19.4. The highest BCUT2D eigenvalue weighted by Crippen LogP contribution is 2.21. The molecule has 0 unspecified atom stereocenters. The molecule has 7 nitrogen and oxygen atoms in total. The molecule has 0 radical (unpaired) electrons. The van der Waals surface area contributed by atoms with Crippen LogP contribution in [0.3, 0.4) is 0 Å². The molecular weight excluding hydrogens is 342 g/mol. The predicted molar refractivity (Wildman–Crippen MR) is 104 cm³/mol. The summed E-state index contributed by atoms with van der Waals surface area (Å²) in [5, 5.41) is 7.51. The Kier molecular flexibility index (Phi) is 5.79. The second-order valence-corrected chi connectivity index (χ2v) is 8.06. The molecule has 1 aromatic carbocycles. The minimum atomic E-state index is -0.148. The largest absolute Gasteiger partial charge is 0.377 e. The fourth-order valence-electron chi connectivity index (χ4n) is 3.10. The fourth-order valence-corrected chi connectivity index (χ4v) is 3.10. The monoisotopic (exact) mass is 371 g/mol. The summed E-state index contributed by atoms with van der Waals surface area (Å²) in [5.41, 5.74) is 2.16. The molecule has 1 aromatic heterocycles. The predicted octanol–water partition coefficient (Wildman–Crippen LogP) is 2.64. The van der Waals surface area contributed by atoms with Crippen molar-refractivity contribution in [3.05, 3.63) is 41.5 Å². The highest BCUT2D eigenvalue weighted by molar-refractivity contribution is 5.73. The lowest BCUT2D eigenvalue weighted by Crippen LogP contribution is -2.47. The van der Waals surface area contributed by atoms with Crippen LogP contribution in [0.25, 0.3) is 0 Å². The van der Waals surface area contributed by atoms with Crippen LogP contribution in [0, 0.1) is 0 Å². The Bertz CT molecular complexity index is 773. The number of anilines is 1. The summed E-state index contributed by atoms with van der Waals surface area (Å²) in [7, 11) is 0. The van der Waals surface area contributed by atoms with Gasteiger partial charge in [-0.15, -0.1) is 0 Å². The lowest BCUT2D eigenvalue weighted by Gasteiger charge is -2.34. The van der Waals surface area contributed by atoms with Crippen LogP contribution in [0.2, 0.25) is 0 Å². The van der Waals surface area contributed by atoms with Gasteiger partial charge >= 0.3 is 0 Å². The van der Waals surface area contributed by atoms with Crippen molar-refractivity contribution in [2.45, 2.75) is 46.2 Å². The van der Waals surface area contributed by atoms with Gasteiger partial charge in [0.25, 0.3) is 0 Å². The highest BCUT2D eigenvalue weighted by atomic mass is 16.5. The summed E-state index contributed by atoms with van der Waals surface area (Å²) in [6, 6.07) is 8.29. The number of amides is 1. The molecule has 0 spiro atoms. The van der Waals surface area contributed by atoms with E-state index in [9.17, 15) is 4.79 Å². The van der Waals surface area contributed by atoms with Gasteiger partial charge in [-0.2, -0.15) is 4.98 Å². The third-order valence-corrected chi connectivity index (χ3v) is 4.78. The molecular formula is C20H29N5O2. The molecule has 0 bridgehead atoms. The van der Waals surface area contributed by atoms with Crippen LogP contribution < -0.4 is 5.32 Å². The zero-order valence-electron chi connectivity index (χ0n) is 16.7. The van der Waals surface area contributed by atoms with Gasteiger partial charge < -0.3 is 14.7 Å². The summed E-state index contributed by atoms with van der Waals surface area (Å²) in [6.45, 7) is 12.6. The number of nitrogens with zero attached hydrogens (tertiary/aromatic N) is 4. The van der Waals surface area contributed by atoms with Gasteiger partial charge in [0.05, 0.1) is 6.54 Å². The van der Waals surface area contributed by atoms with Crippen molar-refractivity contribution in [1.29, 1.82) is 0 Å². The van der Waals surface area contributed by atoms with E-state index >= 15 is 0 Å². The molecule has 3 rings (SSSR count). The number of hydrogen-bond donors (Lipinski definition) is 1. The number of carbonyl (C=O) groups excluding carboxylic acids is 1. The Morgan fingerprint density at radius 3 is 2.52 bits per heavy atom. The first-order valence-corrected chi connectivity index (χ1v) is 9.45. The van der Waals surface area contributed by atoms with Gasteiger partial charge in [0.2, 0.25) is 11.8 Å². The molecule has 1 aliphatic heterocycles. The lowest BCUT2D eigenvalue weighted by atomic mass is 9.97. The van der Waals surface area contributed by atoms with E-state index in [0.29, 0.717) is 18.3 Å². The van der Waals surface area contributed by atoms with Gasteiger partial charge in [-0.05, 0) is 11.6 Å². The minimum Gasteiger partial charge on any atom is -0.377 e. The standard InChI is InChI=1S/C20H29N5O2/c1-15(26)25-11-9-24(10-12-25)14-16-7-5-6-8-17(16)21-13-18-22-19(27-23-18)20(2,3)4/h5-8,21H,9-14H2,1-4H3. The van der Waals surface area contributed by atoms with Crippen LogP contribution in [-0.4, -0.2) is 52.0 Å². The molecule has 1 saturated heterocycles. The van der Waals surface area contributed by atoms with Crippen molar-refractivity contribution in [1.82, 2.24) is 19.9 Å². The van der Waals surface area contributed by atoms with Crippen molar-refractivity contribution in [3.63, 3.8) is 0 Å². The first kappa shape index (κ1) is 19.4. The number of carbonyl (C=O) groups is 1. The number of nitrogens with one attached hydrogen (secondary N) is 1. The van der Waals surface area contributed by atoms with Crippen molar-refractivity contribution in [2.75, 3.05) is 31.5 Å². The van der Waals surface area contributed by atoms with Gasteiger partial charge in [-0.3, -0.25) is 9.69 Å². The van der Waals surface area contributed by atoms with Crippen LogP contribution in [0.1, 0.15) is 45.0 Å². The Hall–Kier alpha value is -2.41. The van der Waals surface area contributed by atoms with E-state index in [-0.39, 0.29) is 11.3 Å². The number of benzene rings is 1. The van der Waals surface area contributed by atoms with E-state index in [1.54, 1.807) is 6.92 Å². The first-order chi connectivity index (χ1) is 12.8. The second kappa shape index (κ2) is 8.08. The minimum absolute atomic E-state index is 0.148. The molecule has 2 heterocycles. The average Bonchev–Trinajstić information content (AvgIpc) is 3.11. The summed E-state index contributed by atoms with van der Waals surface area (Å²) >= 11 is 0. The van der Waals surface area contributed by atoms with Crippen LogP contribution in [0.5, 0.6) is 0 Å². The average molecular weight is 371 g/mol. The number of rotatable bonds is 5. The normalized spacial score (nSPS) is 15.8. The number of piperazine rings is 1. The maximum atomic E-state index is 11.5. The van der Waals surface area contributed by atoms with Crippen LogP contribution >= 0.6 is 0 Å². The third-order valence-electron chi connectivity index (χ3n) is 4.78. The molecule has 2 aromatic rings. The van der Waals surface area contributed by atoms with E-state index < -0.39 is 0 Å². The van der Waals surface area contributed by atoms with Gasteiger partial charge in [0.1, 0.15) is 0 Å². The number of hydrogen-bond acceptors (Lipinski definition) is 6. The van der Waals surface area contributed by atoms with E-state index in [2.05, 4.69) is 59.3 Å². The third kappa shape index (κ3) is 5.07. The van der Waals surface area contributed by atoms with Crippen molar-refractivity contribution in [3.8, 4) is 0 Å². The Balaban J connectivity index is 1.59. The molecule has 146 valence electrons. The van der Waals surface area contributed by atoms with Crippen LogP contribution in [0.15, 0.2) is 28.8 Å². The van der Waals surface area contributed by atoms with E-state index in [4.69, 9.17) is 4.52 Å². The number of aromatic nitrogens is 2. The second-order valence-electron chi connectivity index (χ2n) is 8.06. The van der Waals surface area contributed by atoms with Crippen LogP contribution in [0.4, 0.5) is 5.69 Å². The van der Waals surface area contributed by atoms with Crippen molar-refractivity contribution in [2.24, 2.45) is 0 Å². The van der Waals surface area contributed by atoms with Gasteiger partial charge in [-0.1, -0.05) is 44.1 Å². The summed E-state index contributed by atoms with van der Waals surface area (Å²) < 4.78 is 5.36. The lowest BCUT2D eigenvalue weighted by molar-refractivity contribution is -0.130. The van der Waals surface area contributed by atoms with E-state index in [1.165, 1.54) is 5.56 Å². The van der Waals surface area contributed by atoms with E-state index in [1.807, 2.05) is 11.0 Å². The number of para-hydroxylation sites is 1. The Labute approximate surface area is 160 Å². The smallest absolute Gasteiger partial charge is 0.232 e. The molecule has 27 heavy (non-hydrogen) atoms. The van der Waals surface area contributed by atoms with Crippen molar-refractivity contribution >= 4 is 11.6 Å². The maximum absolute atomic E-state index is 11.5. The molecule has 0 atom stereocenters. The molecule has 1 aliphatic rings. The Morgan fingerprint density at radius 2 is 1.89 bits per heavy atom. The topological polar surface area (TPSA) is 74.5 Å². The summed E-state index contributed by atoms with van der Waals surface area (Å²) in [5.74, 6) is 1.46. The summed E-state index contributed by atoms with van der Waals surface area (Å²) in [4.78, 5) is 20.2. The van der Waals surface area contributed by atoms with Crippen molar-refractivity contribution < 1.29 is 9.32 Å². The molecule has 1 fully saturated rings. The first-order valence-electron chi connectivity index (χ1n) is 9.45. The molecule has 7 heteroatoms. The maximum Gasteiger partial charge on any atom is 0.232 e. The molecule has 1 amide bonds. The molecule has 1 N–H and O–H groups in total. The molecule has 0 saturated carbocycles. The van der Waals surface area contributed by atoms with E-state index in [0.717, 1.165) is 38.4 Å². The van der Waals surface area contributed by atoms with Crippen LogP contribution in [-0.2, 0) is 23.3 Å². The summed E-state index contributed by atoms with van der Waals surface area (Å²) in [6.07, 6.45) is 0. The quantitative estimate of drug-likeness (QED) is 0.871. The highest BCUT2D eigenvalue weighted by Gasteiger charge is 2.22. The molecule has 0 aliphatic carbocycles. The van der Waals surface area contributed by atoms with Gasteiger partial charge in [0, 0.05) is 50.7 Å². The Morgan fingerprint density at radius 1 is 1.19 bits per heavy atom. The zero-order valence-corrected chi connectivity index (χ0v) is 16.7. The fraction of sp³-hybridized carbons (Fsp3) is 0.550.